The van der Waals surface area contributed by atoms with E-state index in [1.165, 1.54) is 11.3 Å². The molecule has 96 valence electrons. The maximum Gasteiger partial charge on any atom is 0.222 e. The van der Waals surface area contributed by atoms with Crippen LogP contribution in [0.1, 0.15) is 22.0 Å². The van der Waals surface area contributed by atoms with Crippen LogP contribution >= 0.6 is 23.1 Å². The second-order valence-corrected chi connectivity index (χ2v) is 6.16. The molecule has 2 aromatic rings. The van der Waals surface area contributed by atoms with Crippen LogP contribution < -0.4 is 5.73 Å². The van der Waals surface area contributed by atoms with Crippen LogP contribution in [0.4, 0.5) is 0 Å². The number of primary amides is 1. The van der Waals surface area contributed by atoms with Crippen molar-refractivity contribution in [1.82, 2.24) is 10.1 Å². The SMILES string of the molecule is Cc1cc(CSc2nc(C)c(CC(N)=O)s2)on1. The Balaban J connectivity index is 1.99. The largest absolute Gasteiger partial charge is 0.369 e. The first-order valence-electron chi connectivity index (χ1n) is 5.34. The number of nitrogens with zero attached hydrogens (tertiary/aromatic N) is 2. The average Bonchev–Trinajstić information content (AvgIpc) is 2.83. The van der Waals surface area contributed by atoms with Crippen molar-refractivity contribution in [3.05, 3.63) is 28.1 Å². The van der Waals surface area contributed by atoms with Gasteiger partial charge in [-0.1, -0.05) is 16.9 Å². The summed E-state index contributed by atoms with van der Waals surface area (Å²) in [7, 11) is 0. The molecule has 1 amide bonds. The quantitative estimate of drug-likeness (QED) is 0.849. The smallest absolute Gasteiger partial charge is 0.222 e. The van der Waals surface area contributed by atoms with Crippen LogP contribution in [0.3, 0.4) is 0 Å². The molecule has 0 atom stereocenters. The van der Waals surface area contributed by atoms with E-state index in [1.54, 1.807) is 11.8 Å². The number of carbonyl (C=O) groups is 1. The van der Waals surface area contributed by atoms with Gasteiger partial charge >= 0.3 is 0 Å². The minimum Gasteiger partial charge on any atom is -0.369 e. The number of carbonyl (C=O) groups excluding carboxylic acids is 1. The van der Waals surface area contributed by atoms with Crippen molar-refractivity contribution < 1.29 is 9.32 Å². The molecule has 0 spiro atoms. The van der Waals surface area contributed by atoms with E-state index >= 15 is 0 Å². The third-order valence-electron chi connectivity index (χ3n) is 2.22. The first kappa shape index (κ1) is 13.1. The molecule has 0 aliphatic carbocycles. The zero-order valence-electron chi connectivity index (χ0n) is 10.1. The van der Waals surface area contributed by atoms with E-state index in [1.807, 2.05) is 19.9 Å². The lowest BCUT2D eigenvalue weighted by molar-refractivity contribution is -0.117. The van der Waals surface area contributed by atoms with Gasteiger partial charge in [-0.3, -0.25) is 4.79 Å². The molecule has 0 fully saturated rings. The Hall–Kier alpha value is -1.34. The second kappa shape index (κ2) is 5.53. The van der Waals surface area contributed by atoms with Crippen molar-refractivity contribution in [2.45, 2.75) is 30.4 Å². The fourth-order valence-electron chi connectivity index (χ4n) is 1.40. The summed E-state index contributed by atoms with van der Waals surface area (Å²) < 4.78 is 6.03. The van der Waals surface area contributed by atoms with Gasteiger partial charge in [-0.25, -0.2) is 4.98 Å². The molecule has 0 saturated carbocycles. The van der Waals surface area contributed by atoms with E-state index in [4.69, 9.17) is 10.3 Å². The van der Waals surface area contributed by atoms with E-state index in [2.05, 4.69) is 10.1 Å². The zero-order valence-corrected chi connectivity index (χ0v) is 11.7. The van der Waals surface area contributed by atoms with Crippen LogP contribution in [-0.4, -0.2) is 16.0 Å². The molecule has 0 saturated heterocycles. The van der Waals surface area contributed by atoms with E-state index in [0.717, 1.165) is 26.4 Å². The predicted molar refractivity (Wildman–Crippen MR) is 70.6 cm³/mol. The van der Waals surface area contributed by atoms with Crippen LogP contribution in [0, 0.1) is 13.8 Å². The fraction of sp³-hybridized carbons (Fsp3) is 0.364. The lowest BCUT2D eigenvalue weighted by Gasteiger charge is -1.91. The van der Waals surface area contributed by atoms with Gasteiger partial charge in [0.15, 0.2) is 4.34 Å². The van der Waals surface area contributed by atoms with Crippen LogP contribution in [0.2, 0.25) is 0 Å². The molecule has 0 aliphatic heterocycles. The summed E-state index contributed by atoms with van der Waals surface area (Å²) in [5, 5.41) is 3.82. The maximum absolute atomic E-state index is 10.9. The molecule has 0 aromatic carbocycles. The molecule has 2 rings (SSSR count). The van der Waals surface area contributed by atoms with Crippen LogP contribution in [-0.2, 0) is 17.0 Å². The van der Waals surface area contributed by atoms with Gasteiger partial charge in [-0.2, -0.15) is 0 Å². The van der Waals surface area contributed by atoms with Gasteiger partial charge in [0.25, 0.3) is 0 Å². The number of hydrogen-bond acceptors (Lipinski definition) is 6. The Morgan fingerprint density at radius 1 is 1.56 bits per heavy atom. The molecule has 18 heavy (non-hydrogen) atoms. The highest BCUT2D eigenvalue weighted by Crippen LogP contribution is 2.29. The lowest BCUT2D eigenvalue weighted by Crippen LogP contribution is -2.13. The number of hydrogen-bond donors (Lipinski definition) is 1. The summed E-state index contributed by atoms with van der Waals surface area (Å²) in [6.45, 7) is 3.77. The van der Waals surface area contributed by atoms with Crippen molar-refractivity contribution in [3.8, 4) is 0 Å². The van der Waals surface area contributed by atoms with Crippen molar-refractivity contribution in [2.75, 3.05) is 0 Å². The van der Waals surface area contributed by atoms with Gasteiger partial charge in [-0.15, -0.1) is 11.3 Å². The number of nitrogens with two attached hydrogens (primary N) is 1. The highest BCUT2D eigenvalue weighted by Gasteiger charge is 2.11. The van der Waals surface area contributed by atoms with Crippen LogP contribution in [0.25, 0.3) is 0 Å². The number of amides is 1. The third-order valence-corrected chi connectivity index (χ3v) is 4.55. The maximum atomic E-state index is 10.9. The highest BCUT2D eigenvalue weighted by atomic mass is 32.2. The zero-order chi connectivity index (χ0) is 13.1. The van der Waals surface area contributed by atoms with Gasteiger partial charge in [0, 0.05) is 10.9 Å². The van der Waals surface area contributed by atoms with Gasteiger partial charge < -0.3 is 10.3 Å². The Bertz CT molecular complexity index is 562. The number of rotatable bonds is 5. The van der Waals surface area contributed by atoms with Gasteiger partial charge in [-0.05, 0) is 13.8 Å². The van der Waals surface area contributed by atoms with Gasteiger partial charge in [0.2, 0.25) is 5.91 Å². The average molecular weight is 283 g/mol. The summed E-state index contributed by atoms with van der Waals surface area (Å²) in [5.74, 6) is 1.18. The van der Waals surface area contributed by atoms with Crippen molar-refractivity contribution in [1.29, 1.82) is 0 Å². The summed E-state index contributed by atoms with van der Waals surface area (Å²) in [6.07, 6.45) is 0.255. The molecular weight excluding hydrogens is 270 g/mol. The molecule has 0 aliphatic rings. The molecule has 7 heteroatoms. The van der Waals surface area contributed by atoms with Crippen molar-refractivity contribution >= 4 is 29.0 Å². The molecular formula is C11H13N3O2S2. The van der Waals surface area contributed by atoms with E-state index in [0.29, 0.717) is 5.75 Å². The Morgan fingerprint density at radius 2 is 2.33 bits per heavy atom. The summed E-state index contributed by atoms with van der Waals surface area (Å²) in [6, 6.07) is 1.90. The number of aromatic nitrogens is 2. The molecule has 0 bridgehead atoms. The minimum atomic E-state index is -0.329. The van der Waals surface area contributed by atoms with Crippen molar-refractivity contribution in [2.24, 2.45) is 5.73 Å². The number of thioether (sulfide) groups is 1. The van der Waals surface area contributed by atoms with Gasteiger partial charge in [0.1, 0.15) is 5.76 Å². The molecule has 2 N–H and O–H groups in total. The Morgan fingerprint density at radius 3 is 2.94 bits per heavy atom. The highest BCUT2D eigenvalue weighted by molar-refractivity contribution is 8.00. The van der Waals surface area contributed by atoms with E-state index in [9.17, 15) is 4.79 Å². The predicted octanol–water partition coefficient (Wildman–Crippen LogP) is 2.07. The molecule has 2 heterocycles. The Kier molecular flexibility index (Phi) is 4.03. The van der Waals surface area contributed by atoms with Gasteiger partial charge in [0.05, 0.1) is 23.6 Å². The first-order valence-corrected chi connectivity index (χ1v) is 7.14. The topological polar surface area (TPSA) is 82.0 Å². The molecule has 0 radical (unpaired) electrons. The van der Waals surface area contributed by atoms with Crippen LogP contribution in [0.5, 0.6) is 0 Å². The molecule has 2 aromatic heterocycles. The van der Waals surface area contributed by atoms with Crippen LogP contribution in [0.15, 0.2) is 14.9 Å². The minimum absolute atomic E-state index is 0.255. The third kappa shape index (κ3) is 3.33. The van der Waals surface area contributed by atoms with E-state index in [-0.39, 0.29) is 12.3 Å². The van der Waals surface area contributed by atoms with E-state index < -0.39 is 0 Å². The Labute approximate surface area is 113 Å². The lowest BCUT2D eigenvalue weighted by atomic mass is 10.3. The standard InChI is InChI=1S/C11H13N3O2S2/c1-6-3-8(16-14-6)5-17-11-13-7(2)9(18-11)4-10(12)15/h3H,4-5H2,1-2H3,(H2,12,15). The van der Waals surface area contributed by atoms with Crippen molar-refractivity contribution in [3.63, 3.8) is 0 Å². The second-order valence-electron chi connectivity index (χ2n) is 3.85. The normalized spacial score (nSPS) is 10.8. The summed E-state index contributed by atoms with van der Waals surface area (Å²) in [4.78, 5) is 16.2. The fourth-order valence-corrected chi connectivity index (χ4v) is 3.52. The number of aryl methyl sites for hydroxylation is 2. The first-order chi connectivity index (χ1) is 8.54. The monoisotopic (exact) mass is 283 g/mol. The summed E-state index contributed by atoms with van der Waals surface area (Å²) in [5.41, 5.74) is 6.92. The molecule has 0 unspecified atom stereocenters. The number of thiazole rings is 1. The summed E-state index contributed by atoms with van der Waals surface area (Å²) >= 11 is 3.07. The molecule has 5 nitrogen and oxygen atoms in total.